The number of rotatable bonds is 8. The van der Waals surface area contributed by atoms with Crippen molar-refractivity contribution in [2.75, 3.05) is 27.4 Å². The number of pyridine rings is 1. The number of hydrogen-bond acceptors (Lipinski definition) is 7. The zero-order valence-corrected chi connectivity index (χ0v) is 16.1. The summed E-state index contributed by atoms with van der Waals surface area (Å²) in [4.78, 5) is 18.4. The summed E-state index contributed by atoms with van der Waals surface area (Å²) in [7, 11) is -0.727. The minimum Gasteiger partial charge on any atom is -0.481 e. The van der Waals surface area contributed by atoms with Crippen LogP contribution in [0.2, 0.25) is 0 Å². The number of primary amides is 1. The molecule has 0 aliphatic rings. The van der Waals surface area contributed by atoms with E-state index in [4.69, 9.17) is 19.9 Å². The molecule has 0 unspecified atom stereocenters. The number of benzene rings is 1. The lowest BCUT2D eigenvalue weighted by Gasteiger charge is -2.07. The minimum atomic E-state index is -3.70. The number of hydrogen-bond donors (Lipinski definition) is 3. The first kappa shape index (κ1) is 19.9. The number of carbonyl (C=O) groups excluding carboxylic acids is 1. The Bertz CT molecular complexity index is 1130. The van der Waals surface area contributed by atoms with E-state index in [-0.39, 0.29) is 23.2 Å². The molecule has 1 aromatic carbocycles. The van der Waals surface area contributed by atoms with Crippen LogP contribution in [0.15, 0.2) is 29.2 Å². The van der Waals surface area contributed by atoms with E-state index in [0.29, 0.717) is 34.8 Å². The zero-order chi connectivity index (χ0) is 20.3. The van der Waals surface area contributed by atoms with Crippen LogP contribution in [0.4, 0.5) is 4.79 Å². The largest absolute Gasteiger partial charge is 0.481 e. The van der Waals surface area contributed by atoms with Crippen molar-refractivity contribution >= 4 is 37.9 Å². The summed E-state index contributed by atoms with van der Waals surface area (Å²) in [6, 6.07) is 6.25. The summed E-state index contributed by atoms with van der Waals surface area (Å²) in [6.45, 7) is 0.718. The van der Waals surface area contributed by atoms with Gasteiger partial charge in [0.1, 0.15) is 5.52 Å². The fraction of sp³-hybridized carbons (Fsp3) is 0.294. The summed E-state index contributed by atoms with van der Waals surface area (Å²) >= 11 is 0. The lowest BCUT2D eigenvalue weighted by molar-refractivity contribution is 0.196. The Hall–Kier alpha value is -2.89. The average molecular weight is 408 g/mol. The monoisotopic (exact) mass is 408 g/mol. The van der Waals surface area contributed by atoms with E-state index in [1.54, 1.807) is 19.2 Å². The Morgan fingerprint density at radius 2 is 2.04 bits per heavy atom. The number of aromatic nitrogens is 2. The summed E-state index contributed by atoms with van der Waals surface area (Å²) in [5.74, 6) is 0.135. The normalized spacial score (nSPS) is 11.8. The Labute approximate surface area is 161 Å². The van der Waals surface area contributed by atoms with E-state index in [0.717, 1.165) is 0 Å². The van der Waals surface area contributed by atoms with Crippen LogP contribution in [0.5, 0.6) is 11.8 Å². The second kappa shape index (κ2) is 8.00. The minimum absolute atomic E-state index is 0.0554. The molecule has 1 amide bonds. The molecule has 11 heteroatoms. The number of nitrogens with two attached hydrogens (primary N) is 1. The highest BCUT2D eigenvalue weighted by Crippen LogP contribution is 2.34. The molecule has 0 aliphatic heterocycles. The molecule has 10 nitrogen and oxygen atoms in total. The molecule has 0 saturated carbocycles. The van der Waals surface area contributed by atoms with Crippen LogP contribution in [-0.4, -0.2) is 51.9 Å². The van der Waals surface area contributed by atoms with Gasteiger partial charge in [0, 0.05) is 42.6 Å². The van der Waals surface area contributed by atoms with Crippen LogP contribution < -0.4 is 19.9 Å². The van der Waals surface area contributed by atoms with Gasteiger partial charge >= 0.3 is 6.09 Å². The van der Waals surface area contributed by atoms with Crippen LogP contribution in [0.3, 0.4) is 0 Å². The van der Waals surface area contributed by atoms with E-state index in [2.05, 4.69) is 14.7 Å². The van der Waals surface area contributed by atoms with E-state index in [1.807, 2.05) is 0 Å². The summed E-state index contributed by atoms with van der Waals surface area (Å²) in [5.41, 5.74) is 6.14. The predicted molar refractivity (Wildman–Crippen MR) is 102 cm³/mol. The summed E-state index contributed by atoms with van der Waals surface area (Å²) in [5, 5.41) is 1.18. The van der Waals surface area contributed by atoms with Crippen molar-refractivity contribution in [1.29, 1.82) is 0 Å². The maximum Gasteiger partial charge on any atom is 0.411 e. The number of ether oxygens (including phenoxy) is 3. The second-order valence-electron chi connectivity index (χ2n) is 5.89. The van der Waals surface area contributed by atoms with Gasteiger partial charge in [0.2, 0.25) is 15.9 Å². The lowest BCUT2D eigenvalue weighted by atomic mass is 10.2. The third-order valence-electron chi connectivity index (χ3n) is 4.04. The first-order valence-electron chi connectivity index (χ1n) is 8.32. The molecule has 3 aromatic rings. The van der Waals surface area contributed by atoms with Gasteiger partial charge < -0.3 is 24.9 Å². The third kappa shape index (κ3) is 4.01. The molecule has 3 rings (SSSR count). The molecule has 0 atom stereocenters. The first-order chi connectivity index (χ1) is 13.4. The van der Waals surface area contributed by atoms with Crippen LogP contribution in [0.1, 0.15) is 6.42 Å². The fourth-order valence-corrected chi connectivity index (χ4v) is 3.87. The summed E-state index contributed by atoms with van der Waals surface area (Å²) < 4.78 is 42.6. The molecule has 150 valence electrons. The standard InChI is InChI=1S/C17H20N4O6S/c1-25-7-3-6-19-28(23,24)10-4-5-13-11(8-10)12-9-14(26-2)21-16(15(12)20-13)27-17(18)22/h4-5,8-9,19-20H,3,6-7H2,1-2H3,(H2,18,22). The molecule has 0 radical (unpaired) electrons. The molecule has 0 bridgehead atoms. The van der Waals surface area contributed by atoms with Crippen molar-refractivity contribution in [3.8, 4) is 11.8 Å². The summed E-state index contributed by atoms with van der Waals surface area (Å²) in [6.07, 6.45) is -0.467. The molecule has 0 aliphatic carbocycles. The Balaban J connectivity index is 2.08. The number of sulfonamides is 1. The molecule has 0 spiro atoms. The van der Waals surface area contributed by atoms with Crippen LogP contribution in [0.25, 0.3) is 21.8 Å². The van der Waals surface area contributed by atoms with Crippen molar-refractivity contribution in [2.45, 2.75) is 11.3 Å². The van der Waals surface area contributed by atoms with Crippen molar-refractivity contribution in [2.24, 2.45) is 5.73 Å². The SMILES string of the molecule is COCCCNS(=O)(=O)c1ccc2[nH]c3c(OC(N)=O)nc(OC)cc3c2c1. The van der Waals surface area contributed by atoms with Gasteiger partial charge in [-0.2, -0.15) is 4.98 Å². The molecule has 28 heavy (non-hydrogen) atoms. The van der Waals surface area contributed by atoms with Gasteiger partial charge in [0.05, 0.1) is 12.0 Å². The smallest absolute Gasteiger partial charge is 0.411 e. The van der Waals surface area contributed by atoms with Crippen molar-refractivity contribution < 1.29 is 27.4 Å². The number of nitrogens with zero attached hydrogens (tertiary/aromatic N) is 1. The molecular formula is C17H20N4O6S. The Morgan fingerprint density at radius 1 is 1.25 bits per heavy atom. The number of aromatic amines is 1. The molecular weight excluding hydrogens is 388 g/mol. The van der Waals surface area contributed by atoms with Crippen LogP contribution in [-0.2, 0) is 14.8 Å². The van der Waals surface area contributed by atoms with Gasteiger partial charge in [-0.3, -0.25) is 0 Å². The second-order valence-corrected chi connectivity index (χ2v) is 7.66. The van der Waals surface area contributed by atoms with Gasteiger partial charge in [-0.25, -0.2) is 17.9 Å². The van der Waals surface area contributed by atoms with E-state index < -0.39 is 16.1 Å². The molecule has 2 aromatic heterocycles. The highest BCUT2D eigenvalue weighted by Gasteiger charge is 2.19. The predicted octanol–water partition coefficient (Wildman–Crippen LogP) is 1.50. The van der Waals surface area contributed by atoms with E-state index in [9.17, 15) is 13.2 Å². The zero-order valence-electron chi connectivity index (χ0n) is 15.3. The quantitative estimate of drug-likeness (QED) is 0.479. The Morgan fingerprint density at radius 3 is 2.71 bits per heavy atom. The highest BCUT2D eigenvalue weighted by atomic mass is 32.2. The van der Waals surface area contributed by atoms with Gasteiger partial charge in [-0.05, 0) is 24.6 Å². The first-order valence-corrected chi connectivity index (χ1v) is 9.80. The number of carbonyl (C=O) groups is 1. The van der Waals surface area contributed by atoms with Crippen molar-refractivity contribution in [3.63, 3.8) is 0 Å². The number of H-pyrrole nitrogens is 1. The number of nitrogens with one attached hydrogen (secondary N) is 2. The average Bonchev–Trinajstić information content (AvgIpc) is 3.03. The lowest BCUT2D eigenvalue weighted by Crippen LogP contribution is -2.25. The fourth-order valence-electron chi connectivity index (χ4n) is 2.77. The van der Waals surface area contributed by atoms with E-state index >= 15 is 0 Å². The van der Waals surface area contributed by atoms with E-state index in [1.165, 1.54) is 19.2 Å². The topological polar surface area (TPSA) is 146 Å². The molecule has 0 saturated heterocycles. The highest BCUT2D eigenvalue weighted by molar-refractivity contribution is 7.89. The number of methoxy groups -OCH3 is 2. The number of amides is 1. The molecule has 2 heterocycles. The third-order valence-corrected chi connectivity index (χ3v) is 5.50. The van der Waals surface area contributed by atoms with Crippen LogP contribution >= 0.6 is 0 Å². The van der Waals surface area contributed by atoms with Crippen LogP contribution in [0, 0.1) is 0 Å². The van der Waals surface area contributed by atoms with Gasteiger partial charge in [0.25, 0.3) is 5.88 Å². The van der Waals surface area contributed by atoms with Gasteiger partial charge in [-0.15, -0.1) is 0 Å². The van der Waals surface area contributed by atoms with Gasteiger partial charge in [-0.1, -0.05) is 0 Å². The van der Waals surface area contributed by atoms with Crippen molar-refractivity contribution in [1.82, 2.24) is 14.7 Å². The Kier molecular flexibility index (Phi) is 5.68. The molecule has 0 fully saturated rings. The van der Waals surface area contributed by atoms with Crippen molar-refractivity contribution in [3.05, 3.63) is 24.3 Å². The maximum absolute atomic E-state index is 12.5. The number of fused-ring (bicyclic) bond motifs is 3. The maximum atomic E-state index is 12.5. The van der Waals surface area contributed by atoms with Gasteiger partial charge in [0.15, 0.2) is 0 Å². The molecule has 4 N–H and O–H groups in total.